The fraction of sp³-hybridized carbons (Fsp3) is 0.667. The van der Waals surface area contributed by atoms with Crippen LogP contribution < -0.4 is 10.1 Å². The predicted molar refractivity (Wildman–Crippen MR) is 91.1 cm³/mol. The fourth-order valence-electron chi connectivity index (χ4n) is 2.61. The first-order valence-electron chi connectivity index (χ1n) is 8.11. The van der Waals surface area contributed by atoms with Crippen LogP contribution in [0.25, 0.3) is 0 Å². The number of likely N-dealkylation sites (N-methyl/N-ethyl adjacent to an activating group) is 1. The Kier molecular flexibility index (Phi) is 8.40. The minimum Gasteiger partial charge on any atom is -0.496 e. The van der Waals surface area contributed by atoms with E-state index >= 15 is 0 Å². The van der Waals surface area contributed by atoms with Gasteiger partial charge in [0, 0.05) is 12.6 Å². The number of hydrogen-bond donors (Lipinski definition) is 1. The summed E-state index contributed by atoms with van der Waals surface area (Å²) in [5.74, 6) is 1.66. The summed E-state index contributed by atoms with van der Waals surface area (Å²) < 4.78 is 5.44. The molecule has 1 N–H and O–H groups in total. The van der Waals surface area contributed by atoms with Crippen molar-refractivity contribution in [2.75, 3.05) is 33.8 Å². The van der Waals surface area contributed by atoms with E-state index in [9.17, 15) is 0 Å². The number of methoxy groups -OCH3 is 1. The van der Waals surface area contributed by atoms with Crippen LogP contribution in [0.3, 0.4) is 0 Å². The van der Waals surface area contributed by atoms with Crippen molar-refractivity contribution in [3.63, 3.8) is 0 Å². The van der Waals surface area contributed by atoms with Gasteiger partial charge in [0.05, 0.1) is 7.11 Å². The van der Waals surface area contributed by atoms with Gasteiger partial charge in [-0.25, -0.2) is 0 Å². The van der Waals surface area contributed by atoms with Crippen LogP contribution in [0.15, 0.2) is 24.3 Å². The zero-order chi connectivity index (χ0) is 15.7. The lowest BCUT2D eigenvalue weighted by Gasteiger charge is -2.28. The lowest BCUT2D eigenvalue weighted by molar-refractivity contribution is 0.219. The van der Waals surface area contributed by atoms with Crippen LogP contribution in [-0.4, -0.2) is 44.7 Å². The molecule has 0 radical (unpaired) electrons. The van der Waals surface area contributed by atoms with Crippen LogP contribution in [0, 0.1) is 5.92 Å². The highest BCUT2D eigenvalue weighted by molar-refractivity contribution is 5.33. The summed E-state index contributed by atoms with van der Waals surface area (Å²) in [5, 5.41) is 3.50. The first-order chi connectivity index (χ1) is 10.1. The third-order valence-electron chi connectivity index (χ3n) is 3.98. The zero-order valence-corrected chi connectivity index (χ0v) is 14.4. The number of benzene rings is 1. The highest BCUT2D eigenvalue weighted by Crippen LogP contribution is 2.20. The van der Waals surface area contributed by atoms with Gasteiger partial charge in [-0.3, -0.25) is 0 Å². The van der Waals surface area contributed by atoms with Crippen molar-refractivity contribution in [2.45, 2.75) is 39.7 Å². The highest BCUT2D eigenvalue weighted by atomic mass is 16.5. The molecule has 0 aliphatic rings. The van der Waals surface area contributed by atoms with Crippen LogP contribution in [0.4, 0.5) is 0 Å². The SMILES string of the molecule is CCCNCC(C)CN(C)C(C)Cc1ccccc1OC. The number of hydrogen-bond acceptors (Lipinski definition) is 3. The molecule has 21 heavy (non-hydrogen) atoms. The van der Waals surface area contributed by atoms with Crippen molar-refractivity contribution in [1.82, 2.24) is 10.2 Å². The summed E-state index contributed by atoms with van der Waals surface area (Å²) in [4.78, 5) is 2.45. The molecule has 0 aliphatic carbocycles. The Bertz CT molecular complexity index is 395. The van der Waals surface area contributed by atoms with Gasteiger partial charge in [-0.05, 0) is 57.5 Å². The van der Waals surface area contributed by atoms with Crippen LogP contribution in [0.5, 0.6) is 5.75 Å². The molecule has 0 fully saturated rings. The second-order valence-electron chi connectivity index (χ2n) is 6.11. The van der Waals surface area contributed by atoms with Crippen molar-refractivity contribution in [3.05, 3.63) is 29.8 Å². The second kappa shape index (κ2) is 9.80. The van der Waals surface area contributed by atoms with E-state index in [1.165, 1.54) is 12.0 Å². The summed E-state index contributed by atoms with van der Waals surface area (Å²) >= 11 is 0. The molecule has 0 saturated carbocycles. The lowest BCUT2D eigenvalue weighted by Crippen LogP contribution is -2.37. The molecular formula is C18H32N2O. The molecule has 0 spiro atoms. The molecule has 2 unspecified atom stereocenters. The topological polar surface area (TPSA) is 24.5 Å². The molecule has 3 nitrogen and oxygen atoms in total. The summed E-state index contributed by atoms with van der Waals surface area (Å²) in [5.41, 5.74) is 1.29. The number of nitrogens with zero attached hydrogens (tertiary/aromatic N) is 1. The average Bonchev–Trinajstić information content (AvgIpc) is 2.48. The maximum atomic E-state index is 5.44. The van der Waals surface area contributed by atoms with E-state index in [0.717, 1.165) is 31.8 Å². The minimum atomic E-state index is 0.509. The van der Waals surface area contributed by atoms with E-state index in [2.05, 4.69) is 50.2 Å². The van der Waals surface area contributed by atoms with E-state index in [0.29, 0.717) is 12.0 Å². The molecule has 0 aliphatic heterocycles. The van der Waals surface area contributed by atoms with E-state index < -0.39 is 0 Å². The second-order valence-corrected chi connectivity index (χ2v) is 6.11. The number of nitrogens with one attached hydrogen (secondary N) is 1. The molecule has 0 amide bonds. The predicted octanol–water partition coefficient (Wildman–Crippen LogP) is 3.19. The van der Waals surface area contributed by atoms with Gasteiger partial charge in [-0.2, -0.15) is 0 Å². The third kappa shape index (κ3) is 6.49. The van der Waals surface area contributed by atoms with Gasteiger partial charge in [0.2, 0.25) is 0 Å². The van der Waals surface area contributed by atoms with Crippen molar-refractivity contribution in [2.24, 2.45) is 5.92 Å². The summed E-state index contributed by atoms with van der Waals surface area (Å²) in [6.07, 6.45) is 2.22. The minimum absolute atomic E-state index is 0.509. The Hall–Kier alpha value is -1.06. The van der Waals surface area contributed by atoms with Crippen molar-refractivity contribution < 1.29 is 4.74 Å². The Labute approximate surface area is 130 Å². The first-order valence-corrected chi connectivity index (χ1v) is 8.11. The maximum absolute atomic E-state index is 5.44. The number of rotatable bonds is 10. The van der Waals surface area contributed by atoms with Crippen molar-refractivity contribution in [3.8, 4) is 5.75 Å². The van der Waals surface area contributed by atoms with Gasteiger partial charge in [0.25, 0.3) is 0 Å². The summed E-state index contributed by atoms with van der Waals surface area (Å²) in [6, 6.07) is 8.82. The van der Waals surface area contributed by atoms with Gasteiger partial charge in [-0.1, -0.05) is 32.0 Å². The van der Waals surface area contributed by atoms with Crippen LogP contribution in [-0.2, 0) is 6.42 Å². The Balaban J connectivity index is 2.45. The van der Waals surface area contributed by atoms with Gasteiger partial charge >= 0.3 is 0 Å². The molecule has 3 heteroatoms. The van der Waals surface area contributed by atoms with E-state index in [4.69, 9.17) is 4.74 Å². The van der Waals surface area contributed by atoms with E-state index in [1.807, 2.05) is 12.1 Å². The molecule has 0 bridgehead atoms. The standard InChI is InChI=1S/C18H32N2O/c1-6-11-19-13-15(2)14-20(4)16(3)12-17-9-7-8-10-18(17)21-5/h7-10,15-16,19H,6,11-14H2,1-5H3. The molecular weight excluding hydrogens is 260 g/mol. The van der Waals surface area contributed by atoms with Crippen molar-refractivity contribution >= 4 is 0 Å². The maximum Gasteiger partial charge on any atom is 0.122 e. The summed E-state index contributed by atoms with van der Waals surface area (Å²) in [7, 11) is 3.96. The largest absolute Gasteiger partial charge is 0.496 e. The molecule has 1 rings (SSSR count). The molecule has 0 heterocycles. The first kappa shape index (κ1) is 18.0. The number of para-hydroxylation sites is 1. The van der Waals surface area contributed by atoms with Crippen LogP contribution >= 0.6 is 0 Å². The monoisotopic (exact) mass is 292 g/mol. The van der Waals surface area contributed by atoms with Gasteiger partial charge in [0.15, 0.2) is 0 Å². The van der Waals surface area contributed by atoms with E-state index in [-0.39, 0.29) is 0 Å². The fourth-order valence-corrected chi connectivity index (χ4v) is 2.61. The Morgan fingerprint density at radius 2 is 1.95 bits per heavy atom. The quantitative estimate of drug-likeness (QED) is 0.670. The molecule has 2 atom stereocenters. The molecule has 120 valence electrons. The van der Waals surface area contributed by atoms with E-state index in [1.54, 1.807) is 7.11 Å². The third-order valence-corrected chi connectivity index (χ3v) is 3.98. The average molecular weight is 292 g/mol. The van der Waals surface area contributed by atoms with Crippen molar-refractivity contribution in [1.29, 1.82) is 0 Å². The zero-order valence-electron chi connectivity index (χ0n) is 14.4. The van der Waals surface area contributed by atoms with Crippen LogP contribution in [0.1, 0.15) is 32.8 Å². The van der Waals surface area contributed by atoms with Crippen LogP contribution in [0.2, 0.25) is 0 Å². The Morgan fingerprint density at radius 1 is 1.24 bits per heavy atom. The van der Waals surface area contributed by atoms with Gasteiger partial charge in [-0.15, -0.1) is 0 Å². The smallest absolute Gasteiger partial charge is 0.122 e. The molecule has 0 saturated heterocycles. The Morgan fingerprint density at radius 3 is 2.62 bits per heavy atom. The molecule has 1 aromatic carbocycles. The molecule has 0 aromatic heterocycles. The lowest BCUT2D eigenvalue weighted by atomic mass is 10.0. The number of ether oxygens (including phenoxy) is 1. The van der Waals surface area contributed by atoms with Gasteiger partial charge < -0.3 is 15.0 Å². The normalized spacial score (nSPS) is 14.2. The molecule has 1 aromatic rings. The highest BCUT2D eigenvalue weighted by Gasteiger charge is 2.14. The summed E-state index contributed by atoms with van der Waals surface area (Å²) in [6.45, 7) is 10.1. The van der Waals surface area contributed by atoms with Gasteiger partial charge in [0.1, 0.15) is 5.75 Å².